The van der Waals surface area contributed by atoms with E-state index in [1.54, 1.807) is 36.4 Å². The molecule has 0 N–H and O–H groups in total. The fourth-order valence-electron chi connectivity index (χ4n) is 5.81. The van der Waals surface area contributed by atoms with Gasteiger partial charge in [-0.1, -0.05) is 42.0 Å². The van der Waals surface area contributed by atoms with Crippen LogP contribution < -0.4 is 10.4 Å². The number of rotatable bonds is 7. The number of allylic oxidation sites excluding steroid dienone is 4. The molecule has 2 saturated heterocycles. The highest BCUT2D eigenvalue weighted by molar-refractivity contribution is 6.30. The number of methoxy groups -OCH3 is 1. The number of carbonyl (C=O) groups excluding carboxylic acids is 1. The molecule has 0 spiro atoms. The van der Waals surface area contributed by atoms with Gasteiger partial charge >= 0.3 is 5.63 Å². The fraction of sp³-hybridized carbons (Fsp3) is 0.400. The topological polar surface area (TPSA) is 75.0 Å². The van der Waals surface area contributed by atoms with Crippen molar-refractivity contribution in [2.75, 3.05) is 7.11 Å². The van der Waals surface area contributed by atoms with Crippen LogP contribution >= 0.6 is 11.6 Å². The van der Waals surface area contributed by atoms with Crippen LogP contribution in [0.4, 0.5) is 0 Å². The Morgan fingerprint density at radius 3 is 2.43 bits per heavy atom. The largest absolute Gasteiger partial charge is 0.496 e. The minimum atomic E-state index is -0.798. The van der Waals surface area contributed by atoms with Gasteiger partial charge in [0.2, 0.25) is 0 Å². The van der Waals surface area contributed by atoms with Gasteiger partial charge in [-0.2, -0.15) is 0 Å². The molecule has 3 heterocycles. The van der Waals surface area contributed by atoms with Gasteiger partial charge in [-0.25, -0.2) is 4.79 Å². The van der Waals surface area contributed by atoms with Crippen LogP contribution in [0.25, 0.3) is 6.08 Å². The standard InChI is InChI=1S/C30H33ClO6/c1-19-23(35-25(32)17-24(19)34-6)11-9-7-8-10-16-28(3)18-29(4)27(30(5,37-28)20(2)36-29)26(33)21-12-14-22(31)15-13-21/h7-17,20,27H,18H2,1-6H3/b8-7+,11-9+,16-10+/t20-,27+,28+,29+,30+/m1/s1. The van der Waals surface area contributed by atoms with E-state index >= 15 is 0 Å². The molecule has 0 amide bonds. The smallest absolute Gasteiger partial charge is 0.339 e. The summed E-state index contributed by atoms with van der Waals surface area (Å²) >= 11 is 6.02. The van der Waals surface area contributed by atoms with Gasteiger partial charge in [0.25, 0.3) is 0 Å². The van der Waals surface area contributed by atoms with Crippen LogP contribution in [0.5, 0.6) is 5.75 Å². The Labute approximate surface area is 222 Å². The highest BCUT2D eigenvalue weighted by Crippen LogP contribution is 2.56. The van der Waals surface area contributed by atoms with E-state index in [9.17, 15) is 9.59 Å². The molecule has 1 aromatic heterocycles. The van der Waals surface area contributed by atoms with E-state index in [-0.39, 0.29) is 11.9 Å². The molecule has 1 aromatic carbocycles. The zero-order valence-corrected chi connectivity index (χ0v) is 22.8. The molecular weight excluding hydrogens is 492 g/mol. The highest BCUT2D eigenvalue weighted by Gasteiger charge is 2.67. The number of ether oxygens (including phenoxy) is 3. The maximum Gasteiger partial charge on any atom is 0.339 e. The van der Waals surface area contributed by atoms with Crippen molar-refractivity contribution in [1.29, 1.82) is 0 Å². The van der Waals surface area contributed by atoms with Gasteiger partial charge < -0.3 is 18.6 Å². The first-order valence-corrected chi connectivity index (χ1v) is 12.7. The fourth-order valence-corrected chi connectivity index (χ4v) is 5.94. The second-order valence-electron chi connectivity index (χ2n) is 10.4. The lowest BCUT2D eigenvalue weighted by Crippen LogP contribution is -2.60. The van der Waals surface area contributed by atoms with Gasteiger partial charge in [0.05, 0.1) is 36.4 Å². The van der Waals surface area contributed by atoms with Crippen molar-refractivity contribution in [1.82, 2.24) is 0 Å². The normalized spacial score (nSPS) is 31.5. The maximum atomic E-state index is 13.6. The lowest BCUT2D eigenvalue weighted by molar-refractivity contribution is -0.170. The van der Waals surface area contributed by atoms with Gasteiger partial charge in [-0.3, -0.25) is 4.79 Å². The predicted molar refractivity (Wildman–Crippen MR) is 144 cm³/mol. The molecule has 196 valence electrons. The number of hydrogen-bond donors (Lipinski definition) is 0. The molecule has 7 heteroatoms. The number of Topliss-reactive ketones (excluding diaryl/α,β-unsaturated/α-hetero) is 1. The molecule has 2 aliphatic heterocycles. The Hall–Kier alpha value is -2.93. The summed E-state index contributed by atoms with van der Waals surface area (Å²) in [5.41, 5.74) is -1.23. The number of hydrogen-bond acceptors (Lipinski definition) is 6. The molecule has 6 nitrogen and oxygen atoms in total. The Morgan fingerprint density at radius 2 is 1.78 bits per heavy atom. The molecule has 0 aliphatic carbocycles. The van der Waals surface area contributed by atoms with Crippen LogP contribution in [0.15, 0.2) is 69.9 Å². The summed E-state index contributed by atoms with van der Waals surface area (Å²) in [4.78, 5) is 25.3. The zero-order chi connectivity index (χ0) is 27.0. The SMILES string of the molecule is COc1cc(=O)oc(/C=C/C=C/C=C/[C@@]2(C)C[C@]3(C)O[C@H](C)[C@](C)(O2)[C@H]3C(=O)c2ccc(Cl)cc2)c1C. The summed E-state index contributed by atoms with van der Waals surface area (Å²) in [5.74, 6) is 0.488. The first kappa shape index (κ1) is 27.1. The van der Waals surface area contributed by atoms with E-state index in [2.05, 4.69) is 0 Å². The molecule has 2 bridgehead atoms. The van der Waals surface area contributed by atoms with Gasteiger partial charge in [0.1, 0.15) is 17.1 Å². The maximum absolute atomic E-state index is 13.6. The quantitative estimate of drug-likeness (QED) is 0.310. The number of benzene rings is 1. The van der Waals surface area contributed by atoms with Crippen LogP contribution in [0.1, 0.15) is 55.8 Å². The third-order valence-electron chi connectivity index (χ3n) is 7.43. The summed E-state index contributed by atoms with van der Waals surface area (Å²) in [5, 5.41) is 0.588. The van der Waals surface area contributed by atoms with Gasteiger partial charge in [0.15, 0.2) is 5.78 Å². The van der Waals surface area contributed by atoms with Crippen molar-refractivity contribution in [2.45, 2.75) is 63.9 Å². The first-order valence-electron chi connectivity index (χ1n) is 12.3. The Bertz CT molecular complexity index is 1320. The third kappa shape index (κ3) is 5.24. The van der Waals surface area contributed by atoms with Gasteiger partial charge in [-0.05, 0) is 65.0 Å². The van der Waals surface area contributed by atoms with Gasteiger partial charge in [0, 0.05) is 22.6 Å². The molecule has 0 radical (unpaired) electrons. The third-order valence-corrected chi connectivity index (χ3v) is 7.68. The van der Waals surface area contributed by atoms with E-state index in [0.29, 0.717) is 28.5 Å². The molecule has 5 atom stereocenters. The summed E-state index contributed by atoms with van der Waals surface area (Å²) < 4.78 is 23.5. The number of halogens is 1. The number of fused-ring (bicyclic) bond motifs is 2. The average Bonchev–Trinajstić information content (AvgIpc) is 2.96. The van der Waals surface area contributed by atoms with Crippen LogP contribution in [0.3, 0.4) is 0 Å². The van der Waals surface area contributed by atoms with Crippen molar-refractivity contribution >= 4 is 23.5 Å². The average molecular weight is 525 g/mol. The zero-order valence-electron chi connectivity index (χ0n) is 22.0. The second-order valence-corrected chi connectivity index (χ2v) is 10.8. The molecule has 4 rings (SSSR count). The van der Waals surface area contributed by atoms with Crippen LogP contribution in [-0.4, -0.2) is 35.8 Å². The molecule has 2 aliphatic rings. The van der Waals surface area contributed by atoms with E-state index in [1.165, 1.54) is 13.2 Å². The molecule has 2 fully saturated rings. The summed E-state index contributed by atoms with van der Waals surface area (Å²) in [6, 6.07) is 8.29. The summed E-state index contributed by atoms with van der Waals surface area (Å²) in [6.45, 7) is 9.78. The molecule has 0 unspecified atom stereocenters. The lowest BCUT2D eigenvalue weighted by atomic mass is 9.67. The predicted octanol–water partition coefficient (Wildman–Crippen LogP) is 6.35. The molecule has 0 saturated carbocycles. The Kier molecular flexibility index (Phi) is 7.39. The van der Waals surface area contributed by atoms with E-state index in [0.717, 1.165) is 5.56 Å². The van der Waals surface area contributed by atoms with Crippen molar-refractivity contribution in [3.8, 4) is 5.75 Å². The van der Waals surface area contributed by atoms with Crippen LogP contribution in [-0.2, 0) is 9.47 Å². The summed E-state index contributed by atoms with van der Waals surface area (Å²) in [6.07, 6.45) is 11.4. The Balaban J connectivity index is 1.50. The minimum absolute atomic E-state index is 0.00145. The van der Waals surface area contributed by atoms with Crippen LogP contribution in [0, 0.1) is 12.8 Å². The monoisotopic (exact) mass is 524 g/mol. The van der Waals surface area contributed by atoms with E-state index in [4.69, 9.17) is 30.2 Å². The number of ketones is 1. The number of carbonyl (C=O) groups is 1. The van der Waals surface area contributed by atoms with E-state index < -0.39 is 28.3 Å². The minimum Gasteiger partial charge on any atom is -0.496 e. The second kappa shape index (κ2) is 10.1. The van der Waals surface area contributed by atoms with Crippen LogP contribution in [0.2, 0.25) is 5.02 Å². The summed E-state index contributed by atoms with van der Waals surface area (Å²) in [7, 11) is 1.52. The first-order chi connectivity index (χ1) is 17.4. The molecular formula is C30H33ClO6. The molecule has 37 heavy (non-hydrogen) atoms. The van der Waals surface area contributed by atoms with Gasteiger partial charge in [-0.15, -0.1) is 0 Å². The van der Waals surface area contributed by atoms with Crippen molar-refractivity contribution in [2.24, 2.45) is 5.92 Å². The molecule has 2 aromatic rings. The van der Waals surface area contributed by atoms with Crippen molar-refractivity contribution in [3.05, 3.63) is 93.0 Å². The van der Waals surface area contributed by atoms with Crippen molar-refractivity contribution in [3.63, 3.8) is 0 Å². The Morgan fingerprint density at radius 1 is 1.11 bits per heavy atom. The van der Waals surface area contributed by atoms with Crippen molar-refractivity contribution < 1.29 is 23.4 Å². The lowest BCUT2D eigenvalue weighted by Gasteiger charge is -2.49. The highest BCUT2D eigenvalue weighted by atomic mass is 35.5. The van der Waals surface area contributed by atoms with E-state index in [1.807, 2.05) is 58.9 Å².